The standard InChI is InChI=1S/C9H20O3/c1-2-3-5-8(11)9(12)6-4-7-10/h8-12H,2-7H2,1H3. The summed E-state index contributed by atoms with van der Waals surface area (Å²) in [5.41, 5.74) is 0. The fourth-order valence-electron chi connectivity index (χ4n) is 1.10. The molecule has 0 aliphatic heterocycles. The minimum Gasteiger partial charge on any atom is -0.396 e. The van der Waals surface area contributed by atoms with Crippen LogP contribution in [0.3, 0.4) is 0 Å². The van der Waals surface area contributed by atoms with Gasteiger partial charge in [-0.1, -0.05) is 19.8 Å². The van der Waals surface area contributed by atoms with Gasteiger partial charge in [0, 0.05) is 6.61 Å². The van der Waals surface area contributed by atoms with Gasteiger partial charge in [-0.3, -0.25) is 0 Å². The van der Waals surface area contributed by atoms with Crippen LogP contribution in [-0.2, 0) is 0 Å². The molecular weight excluding hydrogens is 156 g/mol. The summed E-state index contributed by atoms with van der Waals surface area (Å²) in [4.78, 5) is 0. The van der Waals surface area contributed by atoms with Crippen LogP contribution in [0, 0.1) is 0 Å². The number of aliphatic hydroxyl groups is 3. The highest BCUT2D eigenvalue weighted by Gasteiger charge is 2.14. The Bertz CT molecular complexity index is 83.8. The first-order chi connectivity index (χ1) is 5.72. The Kier molecular flexibility index (Phi) is 7.45. The van der Waals surface area contributed by atoms with Crippen molar-refractivity contribution in [2.45, 2.75) is 51.2 Å². The summed E-state index contributed by atoms with van der Waals surface area (Å²) in [7, 11) is 0. The van der Waals surface area contributed by atoms with E-state index < -0.39 is 12.2 Å². The van der Waals surface area contributed by atoms with Gasteiger partial charge in [-0.05, 0) is 19.3 Å². The molecule has 12 heavy (non-hydrogen) atoms. The number of rotatable bonds is 7. The summed E-state index contributed by atoms with van der Waals surface area (Å²) in [6.07, 6.45) is 2.40. The van der Waals surface area contributed by atoms with Crippen molar-refractivity contribution in [1.82, 2.24) is 0 Å². The minimum absolute atomic E-state index is 0.0809. The van der Waals surface area contributed by atoms with Crippen molar-refractivity contribution < 1.29 is 15.3 Å². The smallest absolute Gasteiger partial charge is 0.0800 e. The van der Waals surface area contributed by atoms with E-state index in [0.717, 1.165) is 12.8 Å². The second-order valence-electron chi connectivity index (χ2n) is 3.14. The second kappa shape index (κ2) is 7.53. The van der Waals surface area contributed by atoms with Crippen molar-refractivity contribution in [1.29, 1.82) is 0 Å². The van der Waals surface area contributed by atoms with Crippen LogP contribution >= 0.6 is 0 Å². The predicted octanol–water partition coefficient (Wildman–Crippen LogP) is 0.671. The first-order valence-electron chi connectivity index (χ1n) is 4.69. The van der Waals surface area contributed by atoms with Crippen LogP contribution in [0.15, 0.2) is 0 Å². The highest BCUT2D eigenvalue weighted by atomic mass is 16.3. The molecule has 2 atom stereocenters. The van der Waals surface area contributed by atoms with Crippen molar-refractivity contribution in [2.75, 3.05) is 6.61 Å². The molecule has 0 spiro atoms. The summed E-state index contributed by atoms with van der Waals surface area (Å²) in [6, 6.07) is 0. The second-order valence-corrected chi connectivity index (χ2v) is 3.14. The van der Waals surface area contributed by atoms with E-state index in [2.05, 4.69) is 0 Å². The Hall–Kier alpha value is -0.120. The largest absolute Gasteiger partial charge is 0.396 e. The van der Waals surface area contributed by atoms with E-state index in [0.29, 0.717) is 19.3 Å². The Morgan fingerprint density at radius 3 is 1.92 bits per heavy atom. The van der Waals surface area contributed by atoms with Crippen LogP contribution in [-0.4, -0.2) is 34.1 Å². The zero-order valence-electron chi connectivity index (χ0n) is 7.74. The van der Waals surface area contributed by atoms with E-state index >= 15 is 0 Å². The van der Waals surface area contributed by atoms with Gasteiger partial charge in [0.2, 0.25) is 0 Å². The van der Waals surface area contributed by atoms with Gasteiger partial charge < -0.3 is 15.3 Å². The van der Waals surface area contributed by atoms with Crippen molar-refractivity contribution >= 4 is 0 Å². The van der Waals surface area contributed by atoms with E-state index in [-0.39, 0.29) is 6.61 Å². The molecule has 3 nitrogen and oxygen atoms in total. The Morgan fingerprint density at radius 2 is 1.50 bits per heavy atom. The summed E-state index contributed by atoms with van der Waals surface area (Å²) >= 11 is 0. The zero-order valence-corrected chi connectivity index (χ0v) is 7.74. The number of hydrogen-bond donors (Lipinski definition) is 3. The van der Waals surface area contributed by atoms with E-state index in [1.807, 2.05) is 6.92 Å². The summed E-state index contributed by atoms with van der Waals surface area (Å²) in [5, 5.41) is 27.1. The van der Waals surface area contributed by atoms with Crippen molar-refractivity contribution in [3.05, 3.63) is 0 Å². The van der Waals surface area contributed by atoms with Crippen LogP contribution < -0.4 is 0 Å². The third kappa shape index (κ3) is 5.52. The van der Waals surface area contributed by atoms with Crippen LogP contribution in [0.25, 0.3) is 0 Å². The SMILES string of the molecule is CCCCC(O)C(O)CCCO. The molecule has 0 radical (unpaired) electrons. The number of aliphatic hydroxyl groups excluding tert-OH is 3. The first-order valence-corrected chi connectivity index (χ1v) is 4.69. The molecule has 0 rings (SSSR count). The molecule has 3 heteroatoms. The third-order valence-corrected chi connectivity index (χ3v) is 1.96. The van der Waals surface area contributed by atoms with Gasteiger partial charge in [0.05, 0.1) is 12.2 Å². The maximum atomic E-state index is 9.34. The maximum Gasteiger partial charge on any atom is 0.0800 e. The average Bonchev–Trinajstić information content (AvgIpc) is 2.10. The van der Waals surface area contributed by atoms with Gasteiger partial charge in [-0.15, -0.1) is 0 Å². The number of hydrogen-bond acceptors (Lipinski definition) is 3. The summed E-state index contributed by atoms with van der Waals surface area (Å²) in [5.74, 6) is 0. The van der Waals surface area contributed by atoms with E-state index in [1.165, 1.54) is 0 Å². The predicted molar refractivity (Wildman–Crippen MR) is 47.9 cm³/mol. The first kappa shape index (κ1) is 11.9. The normalized spacial score (nSPS) is 16.0. The molecule has 0 saturated carbocycles. The van der Waals surface area contributed by atoms with Gasteiger partial charge >= 0.3 is 0 Å². The van der Waals surface area contributed by atoms with Gasteiger partial charge in [-0.25, -0.2) is 0 Å². The lowest BCUT2D eigenvalue weighted by Crippen LogP contribution is -2.25. The molecule has 0 amide bonds. The van der Waals surface area contributed by atoms with E-state index in [1.54, 1.807) is 0 Å². The molecule has 0 heterocycles. The molecule has 0 aromatic carbocycles. The van der Waals surface area contributed by atoms with E-state index in [4.69, 9.17) is 5.11 Å². The number of unbranched alkanes of at least 4 members (excludes halogenated alkanes) is 1. The fourth-order valence-corrected chi connectivity index (χ4v) is 1.10. The lowest BCUT2D eigenvalue weighted by Gasteiger charge is -2.16. The average molecular weight is 176 g/mol. The minimum atomic E-state index is -0.663. The zero-order chi connectivity index (χ0) is 9.40. The molecule has 0 aromatic rings. The van der Waals surface area contributed by atoms with Crippen LogP contribution in [0.1, 0.15) is 39.0 Å². The highest BCUT2D eigenvalue weighted by molar-refractivity contribution is 4.66. The topological polar surface area (TPSA) is 60.7 Å². The third-order valence-electron chi connectivity index (χ3n) is 1.96. The summed E-state index contributed by atoms with van der Waals surface area (Å²) < 4.78 is 0. The van der Waals surface area contributed by atoms with Crippen molar-refractivity contribution in [3.8, 4) is 0 Å². The molecule has 0 saturated heterocycles. The molecule has 74 valence electrons. The maximum absolute atomic E-state index is 9.34. The monoisotopic (exact) mass is 176 g/mol. The fraction of sp³-hybridized carbons (Fsp3) is 1.00. The molecule has 0 bridgehead atoms. The molecule has 2 unspecified atom stereocenters. The lowest BCUT2D eigenvalue weighted by molar-refractivity contribution is 0.00548. The van der Waals surface area contributed by atoms with Gasteiger partial charge in [-0.2, -0.15) is 0 Å². The summed E-state index contributed by atoms with van der Waals surface area (Å²) in [6.45, 7) is 2.13. The Balaban J connectivity index is 3.39. The molecule has 0 fully saturated rings. The van der Waals surface area contributed by atoms with E-state index in [9.17, 15) is 10.2 Å². The lowest BCUT2D eigenvalue weighted by atomic mass is 10.0. The molecule has 0 aliphatic carbocycles. The van der Waals surface area contributed by atoms with Gasteiger partial charge in [0.25, 0.3) is 0 Å². The van der Waals surface area contributed by atoms with Crippen molar-refractivity contribution in [3.63, 3.8) is 0 Å². The molecule has 0 aromatic heterocycles. The highest BCUT2D eigenvalue weighted by Crippen LogP contribution is 2.08. The van der Waals surface area contributed by atoms with Crippen LogP contribution in [0.2, 0.25) is 0 Å². The van der Waals surface area contributed by atoms with Gasteiger partial charge in [0.1, 0.15) is 0 Å². The van der Waals surface area contributed by atoms with Crippen LogP contribution in [0.5, 0.6) is 0 Å². The Labute approximate surface area is 74.0 Å². The van der Waals surface area contributed by atoms with Crippen molar-refractivity contribution in [2.24, 2.45) is 0 Å². The molecule has 3 N–H and O–H groups in total. The quantitative estimate of drug-likeness (QED) is 0.534. The molecule has 0 aliphatic rings. The Morgan fingerprint density at radius 1 is 1.00 bits per heavy atom. The van der Waals surface area contributed by atoms with Crippen LogP contribution in [0.4, 0.5) is 0 Å². The van der Waals surface area contributed by atoms with Gasteiger partial charge in [0.15, 0.2) is 0 Å². The molecular formula is C9H20O3.